The van der Waals surface area contributed by atoms with Crippen LogP contribution in [0.2, 0.25) is 10.0 Å². The van der Waals surface area contributed by atoms with Gasteiger partial charge in [-0.1, -0.05) is 66.5 Å². The highest BCUT2D eigenvalue weighted by molar-refractivity contribution is 6.42. The third-order valence-corrected chi connectivity index (χ3v) is 4.94. The van der Waals surface area contributed by atoms with Gasteiger partial charge in [0.1, 0.15) is 5.76 Å². The molecule has 1 heterocycles. The van der Waals surface area contributed by atoms with E-state index < -0.39 is 0 Å². The lowest BCUT2D eigenvalue weighted by molar-refractivity contribution is 0.311. The average Bonchev–Trinajstić information content (AvgIpc) is 2.84. The Morgan fingerprint density at radius 3 is 2.62 bits per heavy atom. The van der Waals surface area contributed by atoms with Crippen molar-refractivity contribution in [3.8, 4) is 11.1 Å². The van der Waals surface area contributed by atoms with Crippen LogP contribution in [-0.4, -0.2) is 5.16 Å². The minimum Gasteiger partial charge on any atom is -0.380 e. The molecule has 1 fully saturated rings. The Morgan fingerprint density at radius 2 is 1.90 bits per heavy atom. The van der Waals surface area contributed by atoms with Crippen LogP contribution in [0, 0.1) is 5.92 Å². The lowest BCUT2D eigenvalue weighted by Gasteiger charge is -2.20. The maximum atomic E-state index is 6.10. The number of anilines is 1. The number of nitrogens with zero attached hydrogens (tertiary/aromatic N) is 1. The van der Waals surface area contributed by atoms with E-state index in [1.165, 1.54) is 32.1 Å². The molecular weight excluding hydrogens is 307 g/mol. The van der Waals surface area contributed by atoms with Crippen molar-refractivity contribution in [3.63, 3.8) is 0 Å². The average molecular weight is 325 g/mol. The van der Waals surface area contributed by atoms with Crippen LogP contribution in [0.5, 0.6) is 0 Å². The second-order valence-electron chi connectivity index (χ2n) is 5.70. The van der Waals surface area contributed by atoms with Crippen molar-refractivity contribution in [1.82, 2.24) is 5.16 Å². The predicted molar refractivity (Wildman–Crippen MR) is 86.7 cm³/mol. The molecule has 0 amide bonds. The van der Waals surface area contributed by atoms with E-state index >= 15 is 0 Å². The molecule has 0 atom stereocenters. The first-order valence-electron chi connectivity index (χ1n) is 7.34. The molecule has 0 bridgehead atoms. The first-order valence-corrected chi connectivity index (χ1v) is 8.10. The molecule has 3 rings (SSSR count). The third kappa shape index (κ3) is 3.19. The molecule has 1 aromatic heterocycles. The Bertz CT molecular complexity index is 633. The predicted octanol–water partition coefficient (Wildman–Crippen LogP) is 5.35. The Labute approximate surface area is 134 Å². The highest BCUT2D eigenvalue weighted by atomic mass is 35.5. The molecule has 112 valence electrons. The van der Waals surface area contributed by atoms with Gasteiger partial charge in [0.15, 0.2) is 5.82 Å². The summed E-state index contributed by atoms with van der Waals surface area (Å²) < 4.78 is 5.47. The summed E-state index contributed by atoms with van der Waals surface area (Å²) in [5, 5.41) is 4.98. The number of hydrogen-bond acceptors (Lipinski definition) is 3. The third-order valence-electron chi connectivity index (χ3n) is 4.20. The quantitative estimate of drug-likeness (QED) is 0.827. The molecule has 0 radical (unpaired) electrons. The first-order chi connectivity index (χ1) is 10.1. The van der Waals surface area contributed by atoms with Gasteiger partial charge in [-0.2, -0.15) is 0 Å². The van der Waals surface area contributed by atoms with E-state index in [0.717, 1.165) is 23.3 Å². The van der Waals surface area contributed by atoms with Crippen LogP contribution in [0.25, 0.3) is 11.1 Å². The molecule has 1 aliphatic rings. The standard InChI is InChI=1S/C16H18Cl2N2O/c17-12-7-6-11(9-13(12)18)15-14(21-20-16(15)19)8-10-4-2-1-3-5-10/h6-7,9-10H,1-5,8H2,(H2,19,20). The van der Waals surface area contributed by atoms with Crippen LogP contribution in [0.3, 0.4) is 0 Å². The smallest absolute Gasteiger partial charge is 0.175 e. The van der Waals surface area contributed by atoms with Gasteiger partial charge in [-0.25, -0.2) is 0 Å². The van der Waals surface area contributed by atoms with E-state index in [2.05, 4.69) is 5.16 Å². The topological polar surface area (TPSA) is 52.0 Å². The number of hydrogen-bond donors (Lipinski definition) is 1. The monoisotopic (exact) mass is 324 g/mol. The van der Waals surface area contributed by atoms with Crippen LogP contribution in [0.15, 0.2) is 22.7 Å². The Hall–Kier alpha value is -1.19. The zero-order valence-corrected chi connectivity index (χ0v) is 13.3. The molecular formula is C16H18Cl2N2O. The molecule has 5 heteroatoms. The maximum Gasteiger partial charge on any atom is 0.175 e. The minimum atomic E-state index is 0.416. The summed E-state index contributed by atoms with van der Waals surface area (Å²) in [6.07, 6.45) is 7.34. The molecule has 0 unspecified atom stereocenters. The highest BCUT2D eigenvalue weighted by Gasteiger charge is 2.22. The normalized spacial score (nSPS) is 16.3. The van der Waals surface area contributed by atoms with Crippen LogP contribution in [0.4, 0.5) is 5.82 Å². The van der Waals surface area contributed by atoms with Crippen LogP contribution < -0.4 is 5.73 Å². The number of benzene rings is 1. The number of nitrogens with two attached hydrogens (primary N) is 1. The molecule has 1 aliphatic carbocycles. The fourth-order valence-electron chi connectivity index (χ4n) is 3.09. The summed E-state index contributed by atoms with van der Waals surface area (Å²) in [4.78, 5) is 0. The molecule has 3 nitrogen and oxygen atoms in total. The first kappa shape index (κ1) is 14.7. The number of halogens is 2. The molecule has 1 aromatic carbocycles. The van der Waals surface area contributed by atoms with Gasteiger partial charge in [-0.15, -0.1) is 0 Å². The van der Waals surface area contributed by atoms with Crippen LogP contribution >= 0.6 is 23.2 Å². The lowest BCUT2D eigenvalue weighted by Crippen LogP contribution is -2.09. The largest absolute Gasteiger partial charge is 0.380 e. The van der Waals surface area contributed by atoms with Gasteiger partial charge in [0.2, 0.25) is 0 Å². The molecule has 2 aromatic rings. The molecule has 1 saturated carbocycles. The number of nitrogen functional groups attached to an aromatic ring is 1. The van der Waals surface area contributed by atoms with Gasteiger partial charge < -0.3 is 10.3 Å². The van der Waals surface area contributed by atoms with Crippen LogP contribution in [-0.2, 0) is 6.42 Å². The van der Waals surface area contributed by atoms with Gasteiger partial charge in [-0.3, -0.25) is 0 Å². The Morgan fingerprint density at radius 1 is 1.14 bits per heavy atom. The Balaban J connectivity index is 1.90. The SMILES string of the molecule is Nc1noc(CC2CCCCC2)c1-c1ccc(Cl)c(Cl)c1. The Kier molecular flexibility index (Phi) is 4.41. The summed E-state index contributed by atoms with van der Waals surface area (Å²) in [6.45, 7) is 0. The van der Waals surface area contributed by atoms with E-state index in [1.807, 2.05) is 12.1 Å². The summed E-state index contributed by atoms with van der Waals surface area (Å²) in [5.74, 6) is 1.93. The van der Waals surface area contributed by atoms with Gasteiger partial charge in [0.05, 0.1) is 15.6 Å². The molecule has 0 saturated heterocycles. The summed E-state index contributed by atoms with van der Waals surface area (Å²) in [7, 11) is 0. The van der Waals surface area contributed by atoms with Crippen molar-refractivity contribution in [2.45, 2.75) is 38.5 Å². The maximum absolute atomic E-state index is 6.10. The van der Waals surface area contributed by atoms with Crippen molar-refractivity contribution in [1.29, 1.82) is 0 Å². The van der Waals surface area contributed by atoms with Gasteiger partial charge in [0, 0.05) is 6.42 Å². The van der Waals surface area contributed by atoms with Gasteiger partial charge >= 0.3 is 0 Å². The minimum absolute atomic E-state index is 0.416. The number of aromatic nitrogens is 1. The van der Waals surface area contributed by atoms with Gasteiger partial charge in [0.25, 0.3) is 0 Å². The van der Waals surface area contributed by atoms with Crippen molar-refractivity contribution in [3.05, 3.63) is 34.0 Å². The fourth-order valence-corrected chi connectivity index (χ4v) is 3.39. The van der Waals surface area contributed by atoms with Gasteiger partial charge in [-0.05, 0) is 23.6 Å². The lowest BCUT2D eigenvalue weighted by atomic mass is 9.85. The zero-order chi connectivity index (χ0) is 14.8. The summed E-state index contributed by atoms with van der Waals surface area (Å²) >= 11 is 12.1. The second-order valence-corrected chi connectivity index (χ2v) is 6.52. The number of rotatable bonds is 3. The zero-order valence-electron chi connectivity index (χ0n) is 11.7. The second kappa shape index (κ2) is 6.29. The van der Waals surface area contributed by atoms with E-state index in [1.54, 1.807) is 6.07 Å². The van der Waals surface area contributed by atoms with Crippen molar-refractivity contribution < 1.29 is 4.52 Å². The van der Waals surface area contributed by atoms with E-state index in [4.69, 9.17) is 33.5 Å². The van der Waals surface area contributed by atoms with Crippen molar-refractivity contribution in [2.75, 3.05) is 5.73 Å². The highest BCUT2D eigenvalue weighted by Crippen LogP contribution is 2.36. The van der Waals surface area contributed by atoms with E-state index in [0.29, 0.717) is 21.8 Å². The van der Waals surface area contributed by atoms with E-state index in [9.17, 15) is 0 Å². The molecule has 0 aliphatic heterocycles. The van der Waals surface area contributed by atoms with Crippen LogP contribution in [0.1, 0.15) is 37.9 Å². The summed E-state index contributed by atoms with van der Waals surface area (Å²) in [5.41, 5.74) is 7.76. The fraction of sp³-hybridized carbons (Fsp3) is 0.438. The summed E-state index contributed by atoms with van der Waals surface area (Å²) in [6, 6.07) is 5.49. The van der Waals surface area contributed by atoms with Crippen molar-refractivity contribution in [2.24, 2.45) is 5.92 Å². The molecule has 21 heavy (non-hydrogen) atoms. The van der Waals surface area contributed by atoms with E-state index in [-0.39, 0.29) is 0 Å². The molecule has 2 N–H and O–H groups in total. The molecule has 0 spiro atoms. The van der Waals surface area contributed by atoms with Crippen molar-refractivity contribution >= 4 is 29.0 Å².